The first kappa shape index (κ1) is 17.8. The van der Waals surface area contributed by atoms with Crippen molar-refractivity contribution in [3.8, 4) is 0 Å². The molecule has 1 aromatic heterocycles. The minimum absolute atomic E-state index is 0.0618. The van der Waals surface area contributed by atoms with Crippen LogP contribution in [0.25, 0.3) is 10.9 Å². The summed E-state index contributed by atoms with van der Waals surface area (Å²) in [6, 6.07) is 15.0. The van der Waals surface area contributed by atoms with Crippen LogP contribution in [0.5, 0.6) is 0 Å². The van der Waals surface area contributed by atoms with Crippen LogP contribution in [0.4, 0.5) is 10.2 Å². The lowest BCUT2D eigenvalue weighted by Gasteiger charge is -2.37. The summed E-state index contributed by atoms with van der Waals surface area (Å²) in [5.74, 6) is 0.550. The third kappa shape index (κ3) is 3.91. The predicted molar refractivity (Wildman–Crippen MR) is 104 cm³/mol. The van der Waals surface area contributed by atoms with Gasteiger partial charge in [-0.3, -0.25) is 4.90 Å². The van der Waals surface area contributed by atoms with E-state index in [1.54, 1.807) is 19.5 Å². The smallest absolute Gasteiger partial charge is 0.140 e. The lowest BCUT2D eigenvalue weighted by molar-refractivity contribution is 0.0615. The maximum Gasteiger partial charge on any atom is 0.140 e. The number of hydrogen-bond acceptors (Lipinski definition) is 5. The Bertz CT molecular complexity index is 897. The van der Waals surface area contributed by atoms with E-state index in [9.17, 15) is 4.39 Å². The number of aromatic nitrogens is 2. The lowest BCUT2D eigenvalue weighted by Crippen LogP contribution is -2.48. The molecule has 0 spiro atoms. The van der Waals surface area contributed by atoms with Crippen LogP contribution in [-0.4, -0.2) is 54.7 Å². The van der Waals surface area contributed by atoms with Gasteiger partial charge in [0.2, 0.25) is 0 Å². The fourth-order valence-electron chi connectivity index (χ4n) is 3.63. The van der Waals surface area contributed by atoms with E-state index in [4.69, 9.17) is 4.74 Å². The molecule has 140 valence electrons. The highest BCUT2D eigenvalue weighted by atomic mass is 19.1. The Kier molecular flexibility index (Phi) is 5.27. The number of benzene rings is 2. The maximum absolute atomic E-state index is 13.7. The van der Waals surface area contributed by atoms with E-state index in [0.717, 1.165) is 49.4 Å². The molecule has 1 unspecified atom stereocenters. The summed E-state index contributed by atoms with van der Waals surface area (Å²) in [5.41, 5.74) is 1.96. The fourth-order valence-corrected chi connectivity index (χ4v) is 3.63. The van der Waals surface area contributed by atoms with Gasteiger partial charge in [0.25, 0.3) is 0 Å². The fraction of sp³-hybridized carbons (Fsp3) is 0.333. The molecule has 1 aliphatic rings. The number of fused-ring (bicyclic) bond motifs is 1. The van der Waals surface area contributed by atoms with Crippen LogP contribution >= 0.6 is 0 Å². The van der Waals surface area contributed by atoms with E-state index in [1.807, 2.05) is 18.2 Å². The molecule has 0 radical (unpaired) electrons. The second-order valence-electron chi connectivity index (χ2n) is 6.78. The van der Waals surface area contributed by atoms with Crippen LogP contribution in [0.3, 0.4) is 0 Å². The second kappa shape index (κ2) is 7.98. The molecule has 0 N–H and O–H groups in total. The van der Waals surface area contributed by atoms with Crippen molar-refractivity contribution in [2.45, 2.75) is 6.10 Å². The van der Waals surface area contributed by atoms with Crippen molar-refractivity contribution in [2.24, 2.45) is 0 Å². The van der Waals surface area contributed by atoms with Gasteiger partial charge in [-0.1, -0.05) is 30.3 Å². The van der Waals surface area contributed by atoms with Crippen LogP contribution in [0.1, 0.15) is 11.7 Å². The van der Waals surface area contributed by atoms with E-state index in [2.05, 4.69) is 31.9 Å². The molecular formula is C21H23FN4O. The largest absolute Gasteiger partial charge is 0.375 e. The summed E-state index contributed by atoms with van der Waals surface area (Å²) in [7, 11) is 1.76. The van der Waals surface area contributed by atoms with Crippen molar-refractivity contribution in [2.75, 3.05) is 44.7 Å². The summed E-state index contributed by atoms with van der Waals surface area (Å²) in [6.45, 7) is 4.36. The Morgan fingerprint density at radius 3 is 2.56 bits per heavy atom. The quantitative estimate of drug-likeness (QED) is 0.693. The standard InChI is InChI=1S/C21H23FN4O/c1-27-20(16-5-3-2-4-6-16)14-25-9-11-26(12-10-25)21-18-13-17(22)7-8-19(18)23-15-24-21/h2-8,13,15,20H,9-12,14H2,1H3. The van der Waals surface area contributed by atoms with Gasteiger partial charge < -0.3 is 9.64 Å². The Morgan fingerprint density at radius 1 is 1.04 bits per heavy atom. The minimum atomic E-state index is -0.261. The molecule has 1 saturated heterocycles. The first-order chi connectivity index (χ1) is 13.2. The first-order valence-corrected chi connectivity index (χ1v) is 9.20. The van der Waals surface area contributed by atoms with E-state index in [0.29, 0.717) is 0 Å². The highest BCUT2D eigenvalue weighted by molar-refractivity contribution is 5.89. The summed E-state index contributed by atoms with van der Waals surface area (Å²) < 4.78 is 19.4. The number of piperazine rings is 1. The van der Waals surface area contributed by atoms with Crippen LogP contribution in [-0.2, 0) is 4.74 Å². The second-order valence-corrected chi connectivity index (χ2v) is 6.78. The molecule has 27 heavy (non-hydrogen) atoms. The van der Waals surface area contributed by atoms with Gasteiger partial charge in [0.1, 0.15) is 18.0 Å². The highest BCUT2D eigenvalue weighted by Gasteiger charge is 2.23. The zero-order chi connectivity index (χ0) is 18.6. The number of halogens is 1. The van der Waals surface area contributed by atoms with Gasteiger partial charge in [-0.15, -0.1) is 0 Å². The topological polar surface area (TPSA) is 41.5 Å². The first-order valence-electron chi connectivity index (χ1n) is 9.20. The van der Waals surface area contributed by atoms with Gasteiger partial charge >= 0.3 is 0 Å². The summed E-state index contributed by atoms with van der Waals surface area (Å²) in [6.07, 6.45) is 1.62. The number of hydrogen-bond donors (Lipinski definition) is 0. The summed E-state index contributed by atoms with van der Waals surface area (Å²) in [4.78, 5) is 13.3. The zero-order valence-electron chi connectivity index (χ0n) is 15.4. The van der Waals surface area contributed by atoms with Gasteiger partial charge in [0.15, 0.2) is 0 Å². The van der Waals surface area contributed by atoms with E-state index < -0.39 is 0 Å². The van der Waals surface area contributed by atoms with Crippen LogP contribution in [0, 0.1) is 5.82 Å². The van der Waals surface area contributed by atoms with E-state index >= 15 is 0 Å². The Balaban J connectivity index is 1.44. The Morgan fingerprint density at radius 2 is 1.81 bits per heavy atom. The minimum Gasteiger partial charge on any atom is -0.375 e. The van der Waals surface area contributed by atoms with Crippen LogP contribution < -0.4 is 4.90 Å². The molecule has 6 heteroatoms. The molecule has 1 aliphatic heterocycles. The van der Waals surface area contributed by atoms with Gasteiger partial charge in [0.05, 0.1) is 11.6 Å². The van der Waals surface area contributed by atoms with Crippen molar-refractivity contribution < 1.29 is 9.13 Å². The molecule has 2 heterocycles. The molecule has 1 atom stereocenters. The normalized spacial score (nSPS) is 16.6. The third-order valence-electron chi connectivity index (χ3n) is 5.13. The predicted octanol–water partition coefficient (Wildman–Crippen LogP) is 3.28. The van der Waals surface area contributed by atoms with E-state index in [1.165, 1.54) is 17.7 Å². The summed E-state index contributed by atoms with van der Waals surface area (Å²) >= 11 is 0. The van der Waals surface area contributed by atoms with Gasteiger partial charge in [-0.2, -0.15) is 0 Å². The average Bonchev–Trinajstić information content (AvgIpc) is 2.72. The van der Waals surface area contributed by atoms with Crippen molar-refractivity contribution in [3.05, 3.63) is 66.2 Å². The molecule has 1 fully saturated rings. The maximum atomic E-state index is 13.7. The molecule has 0 saturated carbocycles. The molecule has 0 aliphatic carbocycles. The van der Waals surface area contributed by atoms with Crippen molar-refractivity contribution in [3.63, 3.8) is 0 Å². The molecular weight excluding hydrogens is 343 g/mol. The number of rotatable bonds is 5. The molecule has 0 bridgehead atoms. The average molecular weight is 366 g/mol. The van der Waals surface area contributed by atoms with Gasteiger partial charge in [-0.25, -0.2) is 14.4 Å². The molecule has 2 aromatic carbocycles. The molecule has 4 rings (SSSR count). The van der Waals surface area contributed by atoms with Gasteiger partial charge in [0, 0.05) is 45.2 Å². The van der Waals surface area contributed by atoms with Crippen molar-refractivity contribution in [1.82, 2.24) is 14.9 Å². The highest BCUT2D eigenvalue weighted by Crippen LogP contribution is 2.25. The van der Waals surface area contributed by atoms with Crippen LogP contribution in [0.2, 0.25) is 0 Å². The van der Waals surface area contributed by atoms with Gasteiger partial charge in [-0.05, 0) is 23.8 Å². The number of ether oxygens (including phenoxy) is 1. The number of anilines is 1. The SMILES string of the molecule is COC(CN1CCN(c2ncnc3ccc(F)cc23)CC1)c1ccccc1. The third-order valence-corrected chi connectivity index (χ3v) is 5.13. The van der Waals surface area contributed by atoms with Crippen LogP contribution in [0.15, 0.2) is 54.9 Å². The number of methoxy groups -OCH3 is 1. The molecule has 5 nitrogen and oxygen atoms in total. The Hall–Kier alpha value is -2.57. The molecule has 0 amide bonds. The lowest BCUT2D eigenvalue weighted by atomic mass is 10.1. The zero-order valence-corrected chi connectivity index (χ0v) is 15.4. The molecule has 3 aromatic rings. The Labute approximate surface area is 158 Å². The van der Waals surface area contributed by atoms with Crippen molar-refractivity contribution >= 4 is 16.7 Å². The van der Waals surface area contributed by atoms with Crippen molar-refractivity contribution in [1.29, 1.82) is 0 Å². The summed E-state index contributed by atoms with van der Waals surface area (Å²) in [5, 5.41) is 0.769. The van der Waals surface area contributed by atoms with E-state index in [-0.39, 0.29) is 11.9 Å². The number of nitrogens with zero attached hydrogens (tertiary/aromatic N) is 4. The monoisotopic (exact) mass is 366 g/mol.